The topological polar surface area (TPSA) is 112 Å². The number of carbonyl (C=O) groups excluding carboxylic acids is 2. The predicted molar refractivity (Wildman–Crippen MR) is 77.8 cm³/mol. The molecule has 2 amide bonds. The Kier molecular flexibility index (Phi) is 13.0. The van der Waals surface area contributed by atoms with Gasteiger partial charge in [0.25, 0.3) is 0 Å². The van der Waals surface area contributed by atoms with Crippen molar-refractivity contribution in [3.63, 3.8) is 0 Å². The van der Waals surface area contributed by atoms with Gasteiger partial charge < -0.3 is 30.6 Å². The lowest BCUT2D eigenvalue weighted by atomic mass is 10.3. The summed E-state index contributed by atoms with van der Waals surface area (Å²) in [6.07, 6.45) is 1.15. The Morgan fingerprint density at radius 1 is 1.10 bits per heavy atom. The Morgan fingerprint density at radius 2 is 1.86 bits per heavy atom. The van der Waals surface area contributed by atoms with Crippen LogP contribution in [0.15, 0.2) is 0 Å². The first-order chi connectivity index (χ1) is 10.1. The Balaban J connectivity index is 3.28. The fraction of sp³-hybridized carbons (Fsp3) is 0.846. The molecule has 0 aromatic carbocycles. The Bertz CT molecular complexity index is 289. The van der Waals surface area contributed by atoms with E-state index in [1.54, 1.807) is 0 Å². The first kappa shape index (κ1) is 19.8. The second-order valence-corrected chi connectivity index (χ2v) is 4.50. The monoisotopic (exact) mass is 305 g/mol. The molecule has 0 aliphatic rings. The summed E-state index contributed by atoms with van der Waals surface area (Å²) in [5, 5.41) is 5.65. The molecule has 0 bridgehead atoms. The van der Waals surface area contributed by atoms with E-state index >= 15 is 0 Å². The molecular formula is C13H27N3O5. The van der Waals surface area contributed by atoms with Crippen LogP contribution in [0.5, 0.6) is 0 Å². The highest BCUT2D eigenvalue weighted by Crippen LogP contribution is 1.95. The molecule has 1 unspecified atom stereocenters. The average Bonchev–Trinajstić information content (AvgIpc) is 2.43. The molecule has 0 saturated heterocycles. The Hall–Kier alpha value is -1.22. The largest absolute Gasteiger partial charge is 0.377 e. The summed E-state index contributed by atoms with van der Waals surface area (Å²) in [5.74, 6) is -0.910. The minimum Gasteiger partial charge on any atom is -0.377 e. The van der Waals surface area contributed by atoms with Gasteiger partial charge in [0, 0.05) is 6.54 Å². The summed E-state index contributed by atoms with van der Waals surface area (Å²) in [6.45, 7) is 4.29. The van der Waals surface area contributed by atoms with E-state index in [4.69, 9.17) is 19.9 Å². The van der Waals surface area contributed by atoms with Crippen molar-refractivity contribution in [2.75, 3.05) is 53.2 Å². The molecule has 0 saturated carbocycles. The molecular weight excluding hydrogens is 278 g/mol. The summed E-state index contributed by atoms with van der Waals surface area (Å²) < 4.78 is 15.6. The van der Waals surface area contributed by atoms with Crippen molar-refractivity contribution < 1.29 is 23.8 Å². The number of amides is 2. The molecule has 0 fully saturated rings. The van der Waals surface area contributed by atoms with E-state index in [-0.39, 0.29) is 25.2 Å². The van der Waals surface area contributed by atoms with Crippen LogP contribution in [0.25, 0.3) is 0 Å². The summed E-state index contributed by atoms with van der Waals surface area (Å²) in [4.78, 5) is 21.6. The SMILES string of the molecule is CNCCC(C)OCCOCCNC(=O)COCC(N)=O. The maximum Gasteiger partial charge on any atom is 0.246 e. The van der Waals surface area contributed by atoms with E-state index in [9.17, 15) is 9.59 Å². The molecule has 0 aliphatic heterocycles. The molecule has 1 atom stereocenters. The van der Waals surface area contributed by atoms with E-state index in [1.165, 1.54) is 0 Å². The minimum atomic E-state index is -0.602. The van der Waals surface area contributed by atoms with E-state index in [1.807, 2.05) is 14.0 Å². The van der Waals surface area contributed by atoms with Crippen LogP contribution in [0.4, 0.5) is 0 Å². The van der Waals surface area contributed by atoms with Crippen LogP contribution in [0.1, 0.15) is 13.3 Å². The standard InChI is InChI=1S/C13H27N3O5/c1-11(3-4-15-2)21-8-7-19-6-5-16-13(18)10-20-9-12(14)17/h11,15H,3-10H2,1-2H3,(H2,14,17)(H,16,18). The molecule has 0 aliphatic carbocycles. The molecule has 8 heteroatoms. The van der Waals surface area contributed by atoms with Gasteiger partial charge in [-0.25, -0.2) is 0 Å². The highest BCUT2D eigenvalue weighted by Gasteiger charge is 2.03. The van der Waals surface area contributed by atoms with Gasteiger partial charge in [0.2, 0.25) is 11.8 Å². The summed E-state index contributed by atoms with van der Waals surface area (Å²) in [7, 11) is 1.91. The van der Waals surface area contributed by atoms with Gasteiger partial charge >= 0.3 is 0 Å². The second-order valence-electron chi connectivity index (χ2n) is 4.50. The lowest BCUT2D eigenvalue weighted by molar-refractivity contribution is -0.129. The van der Waals surface area contributed by atoms with Gasteiger partial charge in [-0.3, -0.25) is 9.59 Å². The van der Waals surface area contributed by atoms with Crippen LogP contribution in [-0.4, -0.2) is 71.1 Å². The van der Waals surface area contributed by atoms with Crippen molar-refractivity contribution >= 4 is 11.8 Å². The van der Waals surface area contributed by atoms with Crippen LogP contribution >= 0.6 is 0 Å². The number of nitrogens with two attached hydrogens (primary N) is 1. The van der Waals surface area contributed by atoms with Crippen LogP contribution in [0.2, 0.25) is 0 Å². The van der Waals surface area contributed by atoms with Gasteiger partial charge in [0.15, 0.2) is 0 Å². The molecule has 8 nitrogen and oxygen atoms in total. The summed E-state index contributed by atoms with van der Waals surface area (Å²) in [5.41, 5.74) is 4.86. The van der Waals surface area contributed by atoms with Crippen molar-refractivity contribution in [1.82, 2.24) is 10.6 Å². The third-order valence-corrected chi connectivity index (χ3v) is 2.48. The average molecular weight is 305 g/mol. The normalized spacial score (nSPS) is 12.1. The zero-order valence-electron chi connectivity index (χ0n) is 12.9. The Morgan fingerprint density at radius 3 is 2.52 bits per heavy atom. The first-order valence-electron chi connectivity index (χ1n) is 7.03. The van der Waals surface area contributed by atoms with Crippen LogP contribution in [0, 0.1) is 0 Å². The number of rotatable bonds is 14. The van der Waals surface area contributed by atoms with Gasteiger partial charge in [0.05, 0.1) is 25.9 Å². The smallest absolute Gasteiger partial charge is 0.246 e. The van der Waals surface area contributed by atoms with Crippen molar-refractivity contribution in [3.8, 4) is 0 Å². The molecule has 124 valence electrons. The summed E-state index contributed by atoms with van der Waals surface area (Å²) in [6, 6.07) is 0. The van der Waals surface area contributed by atoms with Gasteiger partial charge in [-0.2, -0.15) is 0 Å². The van der Waals surface area contributed by atoms with Crippen molar-refractivity contribution in [1.29, 1.82) is 0 Å². The zero-order chi connectivity index (χ0) is 15.9. The molecule has 0 aromatic rings. The van der Waals surface area contributed by atoms with E-state index in [0.29, 0.717) is 26.4 Å². The Labute approximate surface area is 125 Å². The molecule has 0 heterocycles. The third-order valence-electron chi connectivity index (χ3n) is 2.48. The molecule has 0 aromatic heterocycles. The fourth-order valence-electron chi connectivity index (χ4n) is 1.40. The first-order valence-corrected chi connectivity index (χ1v) is 7.03. The number of nitrogens with one attached hydrogen (secondary N) is 2. The number of ether oxygens (including phenoxy) is 3. The van der Waals surface area contributed by atoms with E-state index in [2.05, 4.69) is 10.6 Å². The van der Waals surface area contributed by atoms with E-state index < -0.39 is 5.91 Å². The maximum absolute atomic E-state index is 11.2. The van der Waals surface area contributed by atoms with Gasteiger partial charge in [0.1, 0.15) is 13.2 Å². The molecule has 0 spiro atoms. The number of carbonyl (C=O) groups is 2. The number of hydrogen-bond acceptors (Lipinski definition) is 6. The lowest BCUT2D eigenvalue weighted by Crippen LogP contribution is -2.32. The lowest BCUT2D eigenvalue weighted by Gasteiger charge is -2.12. The predicted octanol–water partition coefficient (Wildman–Crippen LogP) is -1.36. The number of hydrogen-bond donors (Lipinski definition) is 3. The number of primary amides is 1. The van der Waals surface area contributed by atoms with Crippen molar-refractivity contribution in [2.45, 2.75) is 19.4 Å². The van der Waals surface area contributed by atoms with Crippen molar-refractivity contribution in [3.05, 3.63) is 0 Å². The molecule has 21 heavy (non-hydrogen) atoms. The summed E-state index contributed by atoms with van der Waals surface area (Å²) >= 11 is 0. The second kappa shape index (κ2) is 13.7. The van der Waals surface area contributed by atoms with Crippen LogP contribution < -0.4 is 16.4 Å². The van der Waals surface area contributed by atoms with Crippen molar-refractivity contribution in [2.24, 2.45) is 5.73 Å². The molecule has 0 radical (unpaired) electrons. The van der Waals surface area contributed by atoms with Crippen LogP contribution in [0.3, 0.4) is 0 Å². The van der Waals surface area contributed by atoms with Crippen LogP contribution in [-0.2, 0) is 23.8 Å². The molecule has 0 rings (SSSR count). The van der Waals surface area contributed by atoms with Gasteiger partial charge in [-0.1, -0.05) is 0 Å². The van der Waals surface area contributed by atoms with Gasteiger partial charge in [-0.05, 0) is 26.9 Å². The van der Waals surface area contributed by atoms with E-state index in [0.717, 1.165) is 13.0 Å². The quantitative estimate of drug-likeness (QED) is 0.342. The highest BCUT2D eigenvalue weighted by atomic mass is 16.5. The maximum atomic E-state index is 11.2. The van der Waals surface area contributed by atoms with Gasteiger partial charge in [-0.15, -0.1) is 0 Å². The fourth-order valence-corrected chi connectivity index (χ4v) is 1.40. The highest BCUT2D eigenvalue weighted by molar-refractivity contribution is 5.78. The molecule has 4 N–H and O–H groups in total. The zero-order valence-corrected chi connectivity index (χ0v) is 12.9. The third kappa shape index (κ3) is 15.0. The minimum absolute atomic E-state index is 0.185.